The molecule has 1 heterocycles. The number of halogens is 1. The van der Waals surface area contributed by atoms with Crippen molar-refractivity contribution in [3.05, 3.63) is 28.8 Å². The lowest BCUT2D eigenvalue weighted by atomic mass is 10.1. The topological polar surface area (TPSA) is 75.9 Å². The van der Waals surface area contributed by atoms with Crippen molar-refractivity contribution >= 4 is 23.4 Å². The zero-order valence-electron chi connectivity index (χ0n) is 14.2. The first kappa shape index (κ1) is 18.0. The van der Waals surface area contributed by atoms with Gasteiger partial charge < -0.3 is 15.4 Å². The lowest BCUT2D eigenvalue weighted by Gasteiger charge is -2.37. The van der Waals surface area contributed by atoms with Gasteiger partial charge in [0, 0.05) is 25.7 Å². The molecule has 0 spiro atoms. The van der Waals surface area contributed by atoms with Crippen LogP contribution in [0.15, 0.2) is 18.2 Å². The number of benzene rings is 1. The summed E-state index contributed by atoms with van der Waals surface area (Å²) in [4.78, 5) is 27.4. The number of carbonyl (C=O) groups is 2. The largest absolute Gasteiger partial charge is 0.482 e. The number of ether oxygens (including phenoxy) is 1. The fourth-order valence-electron chi connectivity index (χ4n) is 3.64. The molecular formula is C18H24ClN3O3. The normalized spacial score (nSPS) is 19.4. The van der Waals surface area contributed by atoms with Crippen LogP contribution in [-0.2, 0) is 16.1 Å². The van der Waals surface area contributed by atoms with Crippen LogP contribution < -0.4 is 10.5 Å². The Hall–Kier alpha value is -1.79. The summed E-state index contributed by atoms with van der Waals surface area (Å²) < 4.78 is 5.25. The average Bonchev–Trinajstić information content (AvgIpc) is 3.08. The Labute approximate surface area is 152 Å². The van der Waals surface area contributed by atoms with E-state index < -0.39 is 5.91 Å². The summed E-state index contributed by atoms with van der Waals surface area (Å²) in [6.07, 6.45) is 4.77. The van der Waals surface area contributed by atoms with Gasteiger partial charge in [-0.25, -0.2) is 0 Å². The third kappa shape index (κ3) is 4.64. The molecule has 2 aliphatic rings. The van der Waals surface area contributed by atoms with E-state index in [9.17, 15) is 9.59 Å². The predicted octanol–water partition coefficient (Wildman–Crippen LogP) is 1.79. The van der Waals surface area contributed by atoms with Gasteiger partial charge in [-0.3, -0.25) is 14.5 Å². The third-order valence-electron chi connectivity index (χ3n) is 4.87. The number of carbonyl (C=O) groups excluding carboxylic acids is 2. The van der Waals surface area contributed by atoms with E-state index >= 15 is 0 Å². The third-order valence-corrected chi connectivity index (χ3v) is 5.17. The first-order valence-corrected chi connectivity index (χ1v) is 9.12. The Kier molecular flexibility index (Phi) is 5.81. The highest BCUT2D eigenvalue weighted by Crippen LogP contribution is 2.27. The minimum Gasteiger partial charge on any atom is -0.482 e. The van der Waals surface area contributed by atoms with Gasteiger partial charge in [0.1, 0.15) is 5.75 Å². The highest BCUT2D eigenvalue weighted by molar-refractivity contribution is 6.32. The number of primary amides is 1. The second kappa shape index (κ2) is 8.06. The molecule has 1 aromatic carbocycles. The van der Waals surface area contributed by atoms with Crippen LogP contribution in [0.25, 0.3) is 0 Å². The van der Waals surface area contributed by atoms with E-state index in [1.54, 1.807) is 6.07 Å². The van der Waals surface area contributed by atoms with Gasteiger partial charge in [-0.15, -0.1) is 0 Å². The number of amides is 2. The van der Waals surface area contributed by atoms with Gasteiger partial charge >= 0.3 is 0 Å². The number of piperazine rings is 1. The zero-order valence-corrected chi connectivity index (χ0v) is 15.0. The smallest absolute Gasteiger partial charge is 0.255 e. The van der Waals surface area contributed by atoms with E-state index in [1.807, 2.05) is 12.1 Å². The van der Waals surface area contributed by atoms with Crippen LogP contribution >= 0.6 is 11.6 Å². The molecular weight excluding hydrogens is 342 g/mol. The molecule has 25 heavy (non-hydrogen) atoms. The predicted molar refractivity (Wildman–Crippen MR) is 95.4 cm³/mol. The zero-order chi connectivity index (χ0) is 17.8. The van der Waals surface area contributed by atoms with E-state index in [4.69, 9.17) is 22.1 Å². The molecule has 0 unspecified atom stereocenters. The molecule has 0 atom stereocenters. The molecule has 3 rings (SSSR count). The Bertz CT molecular complexity index is 646. The lowest BCUT2D eigenvalue weighted by Crippen LogP contribution is -2.53. The molecule has 1 aliphatic carbocycles. The number of rotatable bonds is 6. The molecule has 1 aromatic rings. The number of nitrogens with zero attached hydrogens (tertiary/aromatic N) is 2. The molecule has 0 bridgehead atoms. The van der Waals surface area contributed by atoms with Crippen molar-refractivity contribution in [1.29, 1.82) is 0 Å². The van der Waals surface area contributed by atoms with Crippen LogP contribution in [0.4, 0.5) is 0 Å². The van der Waals surface area contributed by atoms with Gasteiger partial charge in [-0.05, 0) is 30.5 Å². The number of hydrogen-bond acceptors (Lipinski definition) is 4. The quantitative estimate of drug-likeness (QED) is 0.833. The van der Waals surface area contributed by atoms with E-state index in [2.05, 4.69) is 9.80 Å². The van der Waals surface area contributed by atoms with Gasteiger partial charge in [-0.2, -0.15) is 0 Å². The standard InChI is InChI=1S/C18H24ClN3O3/c19-15-9-13(5-6-16(15)25-12-17(20)23)10-21-7-8-22(18(24)11-21)14-3-1-2-4-14/h5-6,9,14H,1-4,7-8,10-12H2,(H2,20,23). The average molecular weight is 366 g/mol. The van der Waals surface area contributed by atoms with Crippen LogP contribution in [0.3, 0.4) is 0 Å². The van der Waals surface area contributed by atoms with Crippen molar-refractivity contribution in [2.45, 2.75) is 38.3 Å². The van der Waals surface area contributed by atoms with Crippen molar-refractivity contribution in [1.82, 2.24) is 9.80 Å². The van der Waals surface area contributed by atoms with Crippen molar-refractivity contribution in [3.8, 4) is 5.75 Å². The second-order valence-corrected chi connectivity index (χ2v) is 7.16. The van der Waals surface area contributed by atoms with Crippen molar-refractivity contribution in [2.24, 2.45) is 5.73 Å². The van der Waals surface area contributed by atoms with Gasteiger partial charge in [-0.1, -0.05) is 30.5 Å². The maximum atomic E-state index is 12.4. The Morgan fingerprint density at radius 3 is 2.68 bits per heavy atom. The number of nitrogens with two attached hydrogens (primary N) is 1. The minimum atomic E-state index is -0.543. The summed E-state index contributed by atoms with van der Waals surface area (Å²) in [6, 6.07) is 5.89. The molecule has 1 aliphatic heterocycles. The number of hydrogen-bond donors (Lipinski definition) is 1. The van der Waals surface area contributed by atoms with E-state index in [1.165, 1.54) is 12.8 Å². The SMILES string of the molecule is NC(=O)COc1ccc(CN2CCN(C3CCCC3)C(=O)C2)cc1Cl. The van der Waals surface area contributed by atoms with E-state index in [0.29, 0.717) is 29.9 Å². The maximum absolute atomic E-state index is 12.4. The van der Waals surface area contributed by atoms with Crippen LogP contribution in [-0.4, -0.2) is 53.9 Å². The van der Waals surface area contributed by atoms with Gasteiger partial charge in [0.05, 0.1) is 11.6 Å². The second-order valence-electron chi connectivity index (χ2n) is 6.76. The van der Waals surface area contributed by atoms with E-state index in [0.717, 1.165) is 31.5 Å². The summed E-state index contributed by atoms with van der Waals surface area (Å²) in [5.74, 6) is 0.121. The first-order valence-electron chi connectivity index (χ1n) is 8.74. The Balaban J connectivity index is 1.55. The van der Waals surface area contributed by atoms with Crippen molar-refractivity contribution in [2.75, 3.05) is 26.2 Å². The molecule has 136 valence electrons. The lowest BCUT2D eigenvalue weighted by molar-refractivity contribution is -0.138. The molecule has 0 radical (unpaired) electrons. The Morgan fingerprint density at radius 1 is 1.28 bits per heavy atom. The summed E-state index contributed by atoms with van der Waals surface area (Å²) in [5, 5.41) is 0.440. The maximum Gasteiger partial charge on any atom is 0.255 e. The molecule has 6 nitrogen and oxygen atoms in total. The first-order chi connectivity index (χ1) is 12.0. The molecule has 1 saturated heterocycles. The van der Waals surface area contributed by atoms with E-state index in [-0.39, 0.29) is 12.5 Å². The molecule has 7 heteroatoms. The van der Waals surface area contributed by atoms with Crippen LogP contribution in [0.5, 0.6) is 5.75 Å². The van der Waals surface area contributed by atoms with Gasteiger partial charge in [0.2, 0.25) is 5.91 Å². The van der Waals surface area contributed by atoms with Crippen LogP contribution in [0.2, 0.25) is 5.02 Å². The minimum absolute atomic E-state index is 0.198. The summed E-state index contributed by atoms with van der Waals surface area (Å²) in [6.45, 7) is 2.60. The highest BCUT2D eigenvalue weighted by atomic mass is 35.5. The summed E-state index contributed by atoms with van der Waals surface area (Å²) in [5.41, 5.74) is 6.08. The fraction of sp³-hybridized carbons (Fsp3) is 0.556. The fourth-order valence-corrected chi connectivity index (χ4v) is 3.90. The monoisotopic (exact) mass is 365 g/mol. The highest BCUT2D eigenvalue weighted by Gasteiger charge is 2.31. The van der Waals surface area contributed by atoms with Crippen LogP contribution in [0.1, 0.15) is 31.2 Å². The summed E-state index contributed by atoms with van der Waals surface area (Å²) in [7, 11) is 0. The molecule has 2 amide bonds. The van der Waals surface area contributed by atoms with Crippen molar-refractivity contribution in [3.63, 3.8) is 0 Å². The summed E-state index contributed by atoms with van der Waals surface area (Å²) >= 11 is 6.20. The molecule has 1 saturated carbocycles. The van der Waals surface area contributed by atoms with Gasteiger partial charge in [0.15, 0.2) is 6.61 Å². The van der Waals surface area contributed by atoms with Crippen molar-refractivity contribution < 1.29 is 14.3 Å². The molecule has 0 aromatic heterocycles. The Morgan fingerprint density at radius 2 is 2.04 bits per heavy atom. The molecule has 2 fully saturated rings. The van der Waals surface area contributed by atoms with Gasteiger partial charge in [0.25, 0.3) is 5.91 Å². The molecule has 2 N–H and O–H groups in total. The van der Waals surface area contributed by atoms with Crippen LogP contribution in [0, 0.1) is 0 Å².